The molecule has 7 nitrogen and oxygen atoms in total. The molecule has 2 aromatic rings. The van der Waals surface area contributed by atoms with E-state index in [0.717, 1.165) is 0 Å². The van der Waals surface area contributed by atoms with Gasteiger partial charge in [0, 0.05) is 25.9 Å². The fourth-order valence-corrected chi connectivity index (χ4v) is 3.11. The van der Waals surface area contributed by atoms with Gasteiger partial charge >= 0.3 is 5.97 Å². The average Bonchev–Trinajstić information content (AvgIpc) is 3.15. The average molecular weight is 375 g/mol. The number of halogens is 1. The minimum Gasteiger partial charge on any atom is -0.466 e. The van der Waals surface area contributed by atoms with Gasteiger partial charge in [-0.05, 0) is 31.9 Å². The first-order valence-corrected chi connectivity index (χ1v) is 9.10. The van der Waals surface area contributed by atoms with Crippen LogP contribution >= 0.6 is 0 Å². The SMILES string of the molecule is CCOC(=O)C1CCN(C(=O)CCc2nc(-c3ccccc3F)no2)CC1. The Labute approximate surface area is 156 Å². The maximum Gasteiger partial charge on any atom is 0.309 e. The van der Waals surface area contributed by atoms with Crippen LogP contribution in [0.25, 0.3) is 11.4 Å². The Balaban J connectivity index is 1.49. The molecule has 0 N–H and O–H groups in total. The molecule has 1 amide bonds. The fourth-order valence-electron chi connectivity index (χ4n) is 3.11. The van der Waals surface area contributed by atoms with Crippen molar-refractivity contribution in [1.29, 1.82) is 0 Å². The van der Waals surface area contributed by atoms with Gasteiger partial charge in [0.25, 0.3) is 0 Å². The first-order chi connectivity index (χ1) is 13.1. The molecule has 1 aliphatic rings. The smallest absolute Gasteiger partial charge is 0.309 e. The molecule has 1 aliphatic heterocycles. The number of benzene rings is 1. The number of amides is 1. The van der Waals surface area contributed by atoms with E-state index in [1.165, 1.54) is 6.07 Å². The summed E-state index contributed by atoms with van der Waals surface area (Å²) in [4.78, 5) is 30.0. The van der Waals surface area contributed by atoms with E-state index >= 15 is 0 Å². The van der Waals surface area contributed by atoms with Crippen LogP contribution in [-0.4, -0.2) is 46.6 Å². The molecule has 0 saturated carbocycles. The quantitative estimate of drug-likeness (QED) is 0.722. The van der Waals surface area contributed by atoms with E-state index in [1.807, 2.05) is 0 Å². The second-order valence-corrected chi connectivity index (χ2v) is 6.40. The molecule has 0 aliphatic carbocycles. The summed E-state index contributed by atoms with van der Waals surface area (Å²) in [5.74, 6) is -0.299. The molecule has 3 rings (SSSR count). The topological polar surface area (TPSA) is 85.5 Å². The van der Waals surface area contributed by atoms with Crippen molar-refractivity contribution >= 4 is 11.9 Å². The lowest BCUT2D eigenvalue weighted by atomic mass is 9.97. The molecular weight excluding hydrogens is 353 g/mol. The molecule has 1 fully saturated rings. The van der Waals surface area contributed by atoms with Crippen LogP contribution in [0.4, 0.5) is 4.39 Å². The Morgan fingerprint density at radius 3 is 2.74 bits per heavy atom. The minimum absolute atomic E-state index is 0.0250. The van der Waals surface area contributed by atoms with Gasteiger partial charge in [-0.3, -0.25) is 9.59 Å². The fraction of sp³-hybridized carbons (Fsp3) is 0.474. The Morgan fingerprint density at radius 1 is 1.30 bits per heavy atom. The highest BCUT2D eigenvalue weighted by Crippen LogP contribution is 2.21. The highest BCUT2D eigenvalue weighted by Gasteiger charge is 2.28. The third-order valence-corrected chi connectivity index (χ3v) is 4.60. The molecule has 8 heteroatoms. The standard InChI is InChI=1S/C19H22FN3O4/c1-2-26-19(25)13-9-11-23(12-10-13)17(24)8-7-16-21-18(22-27-16)14-5-3-4-6-15(14)20/h3-6,13H,2,7-12H2,1H3. The van der Waals surface area contributed by atoms with E-state index in [2.05, 4.69) is 10.1 Å². The van der Waals surface area contributed by atoms with Gasteiger partial charge in [-0.2, -0.15) is 4.98 Å². The maximum atomic E-state index is 13.8. The van der Waals surface area contributed by atoms with Gasteiger partial charge in [0.05, 0.1) is 18.1 Å². The minimum atomic E-state index is -0.426. The van der Waals surface area contributed by atoms with Crippen molar-refractivity contribution in [2.45, 2.75) is 32.6 Å². The van der Waals surface area contributed by atoms with Gasteiger partial charge in [-0.25, -0.2) is 4.39 Å². The van der Waals surface area contributed by atoms with Crippen LogP contribution in [0.1, 0.15) is 32.1 Å². The first-order valence-electron chi connectivity index (χ1n) is 9.10. The summed E-state index contributed by atoms with van der Waals surface area (Å²) in [6.45, 7) is 3.22. The van der Waals surface area contributed by atoms with Crippen molar-refractivity contribution in [3.63, 3.8) is 0 Å². The van der Waals surface area contributed by atoms with Gasteiger partial charge in [-0.1, -0.05) is 17.3 Å². The number of hydrogen-bond acceptors (Lipinski definition) is 6. The first kappa shape index (κ1) is 19.0. The van der Waals surface area contributed by atoms with Crippen molar-refractivity contribution in [3.8, 4) is 11.4 Å². The summed E-state index contributed by atoms with van der Waals surface area (Å²) >= 11 is 0. The van der Waals surface area contributed by atoms with Crippen molar-refractivity contribution in [3.05, 3.63) is 36.0 Å². The number of esters is 1. The normalized spacial score (nSPS) is 15.0. The zero-order chi connectivity index (χ0) is 19.2. The van der Waals surface area contributed by atoms with Crippen LogP contribution < -0.4 is 0 Å². The van der Waals surface area contributed by atoms with Gasteiger partial charge in [-0.15, -0.1) is 0 Å². The molecule has 0 bridgehead atoms. The lowest BCUT2D eigenvalue weighted by Gasteiger charge is -2.30. The number of aromatic nitrogens is 2. The largest absolute Gasteiger partial charge is 0.466 e. The lowest BCUT2D eigenvalue weighted by molar-refractivity contribution is -0.151. The van der Waals surface area contributed by atoms with Crippen molar-refractivity contribution < 1.29 is 23.2 Å². The maximum absolute atomic E-state index is 13.8. The van der Waals surface area contributed by atoms with Gasteiger partial charge in [0.15, 0.2) is 0 Å². The Hall–Kier alpha value is -2.77. The highest BCUT2D eigenvalue weighted by molar-refractivity contribution is 5.77. The number of nitrogens with zero attached hydrogens (tertiary/aromatic N) is 3. The van der Waals surface area contributed by atoms with Gasteiger partial charge in [0.1, 0.15) is 5.82 Å². The molecule has 27 heavy (non-hydrogen) atoms. The van der Waals surface area contributed by atoms with Crippen LogP contribution in [-0.2, 0) is 20.7 Å². The number of hydrogen-bond donors (Lipinski definition) is 0. The molecule has 0 radical (unpaired) electrons. The summed E-state index contributed by atoms with van der Waals surface area (Å²) in [6, 6.07) is 6.18. The molecule has 0 unspecified atom stereocenters. The number of ether oxygens (including phenoxy) is 1. The molecule has 0 spiro atoms. The Kier molecular flexibility index (Phi) is 6.16. The van der Waals surface area contributed by atoms with E-state index in [-0.39, 0.29) is 42.0 Å². The zero-order valence-corrected chi connectivity index (χ0v) is 15.2. The van der Waals surface area contributed by atoms with Crippen LogP contribution in [0.15, 0.2) is 28.8 Å². The summed E-state index contributed by atoms with van der Waals surface area (Å²) in [7, 11) is 0. The summed E-state index contributed by atoms with van der Waals surface area (Å²) in [6.07, 6.45) is 1.74. The number of carbonyl (C=O) groups is 2. The second kappa shape index (κ2) is 8.75. The molecule has 0 atom stereocenters. The van der Waals surface area contributed by atoms with E-state index < -0.39 is 5.82 Å². The summed E-state index contributed by atoms with van der Waals surface area (Å²) in [5, 5.41) is 3.78. The molecule has 1 saturated heterocycles. The van der Waals surface area contributed by atoms with Crippen LogP contribution in [0.5, 0.6) is 0 Å². The molecule has 2 heterocycles. The number of carbonyl (C=O) groups excluding carboxylic acids is 2. The number of piperidine rings is 1. The van der Waals surface area contributed by atoms with Gasteiger partial charge in [0.2, 0.25) is 17.6 Å². The summed E-state index contributed by atoms with van der Waals surface area (Å²) < 4.78 is 23.9. The van der Waals surface area contributed by atoms with E-state index in [1.54, 1.807) is 30.0 Å². The monoisotopic (exact) mass is 375 g/mol. The molecule has 1 aromatic carbocycles. The molecule has 144 valence electrons. The van der Waals surface area contributed by atoms with Crippen molar-refractivity contribution in [2.75, 3.05) is 19.7 Å². The number of rotatable bonds is 6. The van der Waals surface area contributed by atoms with Crippen LogP contribution in [0.3, 0.4) is 0 Å². The van der Waals surface area contributed by atoms with E-state index in [0.29, 0.717) is 38.4 Å². The number of likely N-dealkylation sites (tertiary alicyclic amines) is 1. The van der Waals surface area contributed by atoms with Crippen LogP contribution in [0, 0.1) is 11.7 Å². The van der Waals surface area contributed by atoms with E-state index in [9.17, 15) is 14.0 Å². The lowest BCUT2D eigenvalue weighted by Crippen LogP contribution is -2.40. The third-order valence-electron chi connectivity index (χ3n) is 4.60. The van der Waals surface area contributed by atoms with Crippen molar-refractivity contribution in [2.24, 2.45) is 5.92 Å². The third kappa shape index (κ3) is 4.69. The Bertz CT molecular complexity index is 800. The Morgan fingerprint density at radius 2 is 2.04 bits per heavy atom. The molecular formula is C19H22FN3O4. The number of aryl methyl sites for hydroxylation is 1. The zero-order valence-electron chi connectivity index (χ0n) is 15.2. The predicted octanol–water partition coefficient (Wildman–Crippen LogP) is 2.61. The van der Waals surface area contributed by atoms with Crippen LogP contribution in [0.2, 0.25) is 0 Å². The molecule has 1 aromatic heterocycles. The van der Waals surface area contributed by atoms with Gasteiger partial charge < -0.3 is 14.2 Å². The summed E-state index contributed by atoms with van der Waals surface area (Å²) in [5.41, 5.74) is 0.264. The van der Waals surface area contributed by atoms with E-state index in [4.69, 9.17) is 9.26 Å². The second-order valence-electron chi connectivity index (χ2n) is 6.40. The highest BCUT2D eigenvalue weighted by atomic mass is 19.1. The van der Waals surface area contributed by atoms with Crippen molar-refractivity contribution in [1.82, 2.24) is 15.0 Å². The predicted molar refractivity (Wildman–Crippen MR) is 94.0 cm³/mol.